The molecule has 1 heterocycles. The first-order valence-corrected chi connectivity index (χ1v) is 6.54. The zero-order chi connectivity index (χ0) is 14.8. The quantitative estimate of drug-likeness (QED) is 0.921. The predicted octanol–water partition coefficient (Wildman–Crippen LogP) is 4.15. The average molecular weight is 299 g/mol. The summed E-state index contributed by atoms with van der Waals surface area (Å²) in [6.45, 7) is 6.73. The van der Waals surface area contributed by atoms with Crippen LogP contribution in [-0.4, -0.2) is 10.5 Å². The third-order valence-corrected chi connectivity index (χ3v) is 2.73. The summed E-state index contributed by atoms with van der Waals surface area (Å²) >= 11 is 5.59. The first-order valence-electron chi connectivity index (χ1n) is 6.16. The van der Waals surface area contributed by atoms with Gasteiger partial charge in [-0.2, -0.15) is 4.98 Å². The van der Waals surface area contributed by atoms with Crippen LogP contribution in [0.3, 0.4) is 0 Å². The van der Waals surface area contributed by atoms with Crippen LogP contribution in [0, 0.1) is 5.82 Å². The van der Waals surface area contributed by atoms with E-state index >= 15 is 0 Å². The number of rotatable bonds is 4. The maximum atomic E-state index is 13.3. The first kappa shape index (κ1) is 14.8. The van der Waals surface area contributed by atoms with Crippen LogP contribution >= 0.6 is 11.6 Å². The molecular formula is C14H16ClFN2O2. The fourth-order valence-electron chi connectivity index (χ4n) is 1.41. The summed E-state index contributed by atoms with van der Waals surface area (Å²) in [6.07, 6.45) is 1.57. The van der Waals surface area contributed by atoms with Crippen molar-refractivity contribution in [2.24, 2.45) is 0 Å². The Kier molecular flexibility index (Phi) is 4.30. The van der Waals surface area contributed by atoms with Crippen LogP contribution in [0.4, 0.5) is 4.39 Å². The second kappa shape index (κ2) is 5.81. The highest BCUT2D eigenvalue weighted by Crippen LogP contribution is 2.25. The molecule has 1 aromatic carbocycles. The molecule has 0 radical (unpaired) electrons. The number of ether oxygens (including phenoxy) is 1. The minimum atomic E-state index is -0.551. The molecule has 1 aromatic heterocycles. The molecule has 0 fully saturated rings. The summed E-state index contributed by atoms with van der Waals surface area (Å²) in [5.74, 6) is -0.269. The minimum Gasteiger partial charge on any atom is -0.417 e. The van der Waals surface area contributed by atoms with Crippen molar-refractivity contribution in [1.29, 1.82) is 0 Å². The van der Waals surface area contributed by atoms with E-state index in [4.69, 9.17) is 20.8 Å². The van der Waals surface area contributed by atoms with Crippen molar-refractivity contribution >= 4 is 11.6 Å². The highest BCUT2D eigenvalue weighted by molar-refractivity contribution is 6.30. The van der Waals surface area contributed by atoms with Gasteiger partial charge in [-0.25, -0.2) is 4.39 Å². The zero-order valence-corrected chi connectivity index (χ0v) is 12.3. The van der Waals surface area contributed by atoms with Crippen LogP contribution in [0.15, 0.2) is 28.9 Å². The molecule has 0 aliphatic rings. The van der Waals surface area contributed by atoms with Gasteiger partial charge in [-0.05, 0) is 32.9 Å². The van der Waals surface area contributed by atoms with Crippen LogP contribution in [0.2, 0.25) is 5.02 Å². The Morgan fingerprint density at radius 1 is 1.40 bits per heavy atom. The minimum absolute atomic E-state index is 0.0146. The molecule has 20 heavy (non-hydrogen) atoms. The van der Waals surface area contributed by atoms with E-state index in [2.05, 4.69) is 31.1 Å². The van der Waals surface area contributed by atoms with Crippen molar-refractivity contribution in [1.82, 2.24) is 10.3 Å². The number of benzene rings is 1. The van der Waals surface area contributed by atoms with Crippen LogP contribution in [0.5, 0.6) is 11.8 Å². The topological polar surface area (TPSA) is 47.3 Å². The van der Waals surface area contributed by atoms with Gasteiger partial charge in [0.1, 0.15) is 17.8 Å². The van der Waals surface area contributed by atoms with Crippen LogP contribution < -0.4 is 10.1 Å². The molecule has 0 aliphatic carbocycles. The highest BCUT2D eigenvalue weighted by Gasteiger charge is 2.12. The van der Waals surface area contributed by atoms with E-state index < -0.39 is 5.82 Å². The summed E-state index contributed by atoms with van der Waals surface area (Å²) in [4.78, 5) is 4.15. The average Bonchev–Trinajstić information content (AvgIpc) is 2.78. The Hall–Kier alpha value is -1.59. The molecule has 0 amide bonds. The molecule has 6 heteroatoms. The smallest absolute Gasteiger partial charge is 0.399 e. The summed E-state index contributed by atoms with van der Waals surface area (Å²) in [5, 5.41) is 3.32. The normalized spacial score (nSPS) is 11.7. The molecule has 2 rings (SSSR count). The number of nitrogens with one attached hydrogen (secondary N) is 1. The van der Waals surface area contributed by atoms with E-state index in [1.54, 1.807) is 6.07 Å². The number of aromatic nitrogens is 1. The van der Waals surface area contributed by atoms with Crippen molar-refractivity contribution in [3.8, 4) is 11.8 Å². The highest BCUT2D eigenvalue weighted by atomic mass is 35.5. The Bertz CT molecular complexity index is 593. The largest absolute Gasteiger partial charge is 0.417 e. The third-order valence-electron chi connectivity index (χ3n) is 2.43. The Labute approximate surface area is 121 Å². The molecule has 0 aliphatic heterocycles. The van der Waals surface area contributed by atoms with Crippen LogP contribution in [0.1, 0.15) is 26.5 Å². The number of halogens is 2. The Balaban J connectivity index is 2.00. The standard InChI is InChI=1S/C14H16ClFN2O2/c1-14(2,3)17-7-9-8-19-13(18-9)20-10-4-5-11(15)12(16)6-10/h4-6,8,17H,7H2,1-3H3. The molecule has 4 nitrogen and oxygen atoms in total. The van der Waals surface area contributed by atoms with E-state index in [0.29, 0.717) is 12.2 Å². The van der Waals surface area contributed by atoms with Crippen molar-refractivity contribution in [3.63, 3.8) is 0 Å². The monoisotopic (exact) mass is 298 g/mol. The molecule has 1 N–H and O–H groups in total. The maximum Gasteiger partial charge on any atom is 0.399 e. The lowest BCUT2D eigenvalue weighted by molar-refractivity contribution is 0.329. The van der Waals surface area contributed by atoms with E-state index in [1.807, 2.05) is 0 Å². The van der Waals surface area contributed by atoms with Crippen molar-refractivity contribution in [2.75, 3.05) is 0 Å². The van der Waals surface area contributed by atoms with Gasteiger partial charge in [-0.3, -0.25) is 0 Å². The van der Waals surface area contributed by atoms with E-state index in [1.165, 1.54) is 18.4 Å². The Morgan fingerprint density at radius 3 is 2.80 bits per heavy atom. The fourth-order valence-corrected chi connectivity index (χ4v) is 1.53. The molecule has 0 saturated carbocycles. The summed E-state index contributed by atoms with van der Waals surface area (Å²) in [6, 6.07) is 4.14. The molecule has 0 bridgehead atoms. The van der Waals surface area contributed by atoms with Gasteiger partial charge in [0.25, 0.3) is 0 Å². The van der Waals surface area contributed by atoms with Gasteiger partial charge >= 0.3 is 6.08 Å². The summed E-state index contributed by atoms with van der Waals surface area (Å²) in [7, 11) is 0. The predicted molar refractivity (Wildman–Crippen MR) is 74.6 cm³/mol. The second-order valence-electron chi connectivity index (χ2n) is 5.39. The maximum absolute atomic E-state index is 13.3. The van der Waals surface area contributed by atoms with E-state index in [-0.39, 0.29) is 22.4 Å². The number of hydrogen-bond acceptors (Lipinski definition) is 4. The van der Waals surface area contributed by atoms with Crippen molar-refractivity contribution in [3.05, 3.63) is 41.0 Å². The molecule has 0 saturated heterocycles. The molecule has 0 atom stereocenters. The van der Waals surface area contributed by atoms with Crippen molar-refractivity contribution < 1.29 is 13.5 Å². The van der Waals surface area contributed by atoms with Gasteiger partial charge in [0.05, 0.1) is 10.7 Å². The van der Waals surface area contributed by atoms with Gasteiger partial charge in [-0.15, -0.1) is 0 Å². The number of nitrogens with zero attached hydrogens (tertiary/aromatic N) is 1. The molecule has 2 aromatic rings. The van der Waals surface area contributed by atoms with Crippen LogP contribution in [0.25, 0.3) is 0 Å². The van der Waals surface area contributed by atoms with Gasteiger partial charge in [0.2, 0.25) is 0 Å². The van der Waals surface area contributed by atoms with Gasteiger partial charge in [0.15, 0.2) is 0 Å². The first-order chi connectivity index (χ1) is 9.33. The van der Waals surface area contributed by atoms with Gasteiger partial charge < -0.3 is 14.5 Å². The Morgan fingerprint density at radius 2 is 2.15 bits per heavy atom. The molecular weight excluding hydrogens is 283 g/mol. The second-order valence-corrected chi connectivity index (χ2v) is 5.79. The number of hydrogen-bond donors (Lipinski definition) is 1. The number of oxazole rings is 1. The SMILES string of the molecule is CC(C)(C)NCc1coc(Oc2ccc(Cl)c(F)c2)n1. The van der Waals surface area contributed by atoms with Crippen LogP contribution in [-0.2, 0) is 6.54 Å². The lowest BCUT2D eigenvalue weighted by Gasteiger charge is -2.19. The third kappa shape index (κ3) is 4.21. The zero-order valence-electron chi connectivity index (χ0n) is 11.5. The van der Waals surface area contributed by atoms with Crippen molar-refractivity contribution in [2.45, 2.75) is 32.9 Å². The molecule has 0 unspecified atom stereocenters. The fraction of sp³-hybridized carbons (Fsp3) is 0.357. The summed E-state index contributed by atoms with van der Waals surface area (Å²) < 4.78 is 23.8. The lowest BCUT2D eigenvalue weighted by Crippen LogP contribution is -2.35. The molecule has 108 valence electrons. The summed E-state index contributed by atoms with van der Waals surface area (Å²) in [5.41, 5.74) is 0.698. The van der Waals surface area contributed by atoms with Gasteiger partial charge in [-0.1, -0.05) is 11.6 Å². The lowest BCUT2D eigenvalue weighted by atomic mass is 10.1. The molecule has 0 spiro atoms. The van der Waals surface area contributed by atoms with Gasteiger partial charge in [0, 0.05) is 18.2 Å². The van der Waals surface area contributed by atoms with E-state index in [9.17, 15) is 4.39 Å². The van der Waals surface area contributed by atoms with E-state index in [0.717, 1.165) is 0 Å².